The first-order chi connectivity index (χ1) is 7.59. The maximum Gasteiger partial charge on any atom is 0.303 e. The highest BCUT2D eigenvalue weighted by atomic mass is 16.5. The molecule has 0 aliphatic heterocycles. The summed E-state index contributed by atoms with van der Waals surface area (Å²) in [5.74, 6) is -0.247. The molecule has 0 aromatic carbocycles. The lowest BCUT2D eigenvalue weighted by molar-refractivity contribution is -0.146. The highest BCUT2D eigenvalue weighted by Crippen LogP contribution is 2.28. The highest BCUT2D eigenvalue weighted by Gasteiger charge is 2.23. The average Bonchev–Trinajstić information content (AvgIpc) is 2.56. The molecule has 0 spiro atoms. The van der Waals surface area contributed by atoms with Crippen molar-refractivity contribution >= 4 is 5.97 Å². The zero-order valence-corrected chi connectivity index (χ0v) is 10.1. The molecule has 0 radical (unpaired) electrons. The van der Waals surface area contributed by atoms with Gasteiger partial charge in [-0.25, -0.2) is 0 Å². The molecule has 1 aromatic rings. The van der Waals surface area contributed by atoms with Gasteiger partial charge < -0.3 is 4.74 Å². The second kappa shape index (κ2) is 4.28. The Morgan fingerprint density at radius 2 is 2.12 bits per heavy atom. The van der Waals surface area contributed by atoms with Crippen LogP contribution in [0.1, 0.15) is 49.7 Å². The first kappa shape index (κ1) is 11.2. The van der Waals surface area contributed by atoms with E-state index in [0.717, 1.165) is 18.5 Å². The summed E-state index contributed by atoms with van der Waals surface area (Å²) >= 11 is 0. The molecule has 0 bridgehead atoms. The zero-order valence-electron chi connectivity index (χ0n) is 10.1. The van der Waals surface area contributed by atoms with Gasteiger partial charge in [-0.1, -0.05) is 0 Å². The first-order valence-corrected chi connectivity index (χ1v) is 5.81. The van der Waals surface area contributed by atoms with Crippen molar-refractivity contribution in [3.05, 3.63) is 17.0 Å². The molecular weight excluding hydrogens is 204 g/mol. The van der Waals surface area contributed by atoms with Gasteiger partial charge in [0.2, 0.25) is 0 Å². The van der Waals surface area contributed by atoms with Gasteiger partial charge in [0.25, 0.3) is 0 Å². The number of ether oxygens (including phenoxy) is 1. The van der Waals surface area contributed by atoms with E-state index in [1.54, 1.807) is 0 Å². The van der Waals surface area contributed by atoms with Crippen LogP contribution in [0.2, 0.25) is 0 Å². The third-order valence-electron chi connectivity index (χ3n) is 3.12. The summed E-state index contributed by atoms with van der Waals surface area (Å²) in [6.45, 7) is 3.32. The normalized spacial score (nSPS) is 16.7. The lowest BCUT2D eigenvalue weighted by Gasteiger charge is -2.15. The van der Waals surface area contributed by atoms with Crippen LogP contribution >= 0.6 is 0 Å². The molecule has 1 unspecified atom stereocenters. The van der Waals surface area contributed by atoms with Crippen LogP contribution in [0, 0.1) is 0 Å². The van der Waals surface area contributed by atoms with Crippen LogP contribution in [0.5, 0.6) is 0 Å². The van der Waals surface area contributed by atoms with Gasteiger partial charge in [-0.3, -0.25) is 9.48 Å². The maximum absolute atomic E-state index is 10.9. The number of aryl methyl sites for hydroxylation is 1. The molecule has 1 aromatic heterocycles. The average molecular weight is 222 g/mol. The summed E-state index contributed by atoms with van der Waals surface area (Å²) in [4.78, 5) is 10.9. The van der Waals surface area contributed by atoms with Crippen molar-refractivity contribution in [2.24, 2.45) is 7.05 Å². The van der Waals surface area contributed by atoms with Crippen LogP contribution in [0.3, 0.4) is 0 Å². The molecule has 1 atom stereocenters. The van der Waals surface area contributed by atoms with Crippen LogP contribution in [-0.4, -0.2) is 15.7 Å². The summed E-state index contributed by atoms with van der Waals surface area (Å²) < 4.78 is 7.14. The maximum atomic E-state index is 10.9. The van der Waals surface area contributed by atoms with Crippen LogP contribution < -0.4 is 0 Å². The minimum Gasteiger partial charge on any atom is -0.456 e. The van der Waals surface area contributed by atoms with Crippen molar-refractivity contribution in [1.29, 1.82) is 0 Å². The standard InChI is InChI=1S/C12H18N2O2/c1-8(16-9(2)15)12-10-6-4-5-7-11(10)14(3)13-12/h8H,4-7H2,1-3H3. The quantitative estimate of drug-likeness (QED) is 0.718. The third kappa shape index (κ3) is 1.96. The Labute approximate surface area is 95.6 Å². The zero-order chi connectivity index (χ0) is 11.7. The molecule has 4 nitrogen and oxygen atoms in total. The van der Waals surface area contributed by atoms with Crippen molar-refractivity contribution in [3.8, 4) is 0 Å². The number of hydrogen-bond acceptors (Lipinski definition) is 3. The molecule has 2 rings (SSSR count). The van der Waals surface area contributed by atoms with E-state index in [2.05, 4.69) is 5.10 Å². The number of hydrogen-bond donors (Lipinski definition) is 0. The van der Waals surface area contributed by atoms with Gasteiger partial charge in [-0.15, -0.1) is 0 Å². The van der Waals surface area contributed by atoms with E-state index in [-0.39, 0.29) is 12.1 Å². The monoisotopic (exact) mass is 222 g/mol. The Bertz CT molecular complexity index is 409. The molecule has 0 saturated carbocycles. The van der Waals surface area contributed by atoms with Crippen LogP contribution in [0.25, 0.3) is 0 Å². The number of fused-ring (bicyclic) bond motifs is 1. The first-order valence-electron chi connectivity index (χ1n) is 5.81. The molecule has 0 fully saturated rings. The minimum absolute atomic E-state index is 0.231. The molecule has 0 saturated heterocycles. The second-order valence-electron chi connectivity index (χ2n) is 4.39. The second-order valence-corrected chi connectivity index (χ2v) is 4.39. The van der Waals surface area contributed by atoms with E-state index in [4.69, 9.17) is 4.74 Å². The summed E-state index contributed by atoms with van der Waals surface area (Å²) in [5.41, 5.74) is 3.54. The van der Waals surface area contributed by atoms with Gasteiger partial charge in [0.15, 0.2) is 0 Å². The number of rotatable bonds is 2. The van der Waals surface area contributed by atoms with Gasteiger partial charge in [-0.2, -0.15) is 5.10 Å². The molecule has 1 aliphatic carbocycles. The molecule has 16 heavy (non-hydrogen) atoms. The fourth-order valence-electron chi connectivity index (χ4n) is 2.44. The summed E-state index contributed by atoms with van der Waals surface area (Å²) in [6, 6.07) is 0. The number of nitrogens with zero attached hydrogens (tertiary/aromatic N) is 2. The number of aromatic nitrogens is 2. The largest absolute Gasteiger partial charge is 0.456 e. The van der Waals surface area contributed by atoms with Crippen molar-refractivity contribution in [2.75, 3.05) is 0 Å². The molecular formula is C12H18N2O2. The van der Waals surface area contributed by atoms with Crippen molar-refractivity contribution < 1.29 is 9.53 Å². The van der Waals surface area contributed by atoms with Crippen LogP contribution in [0.15, 0.2) is 0 Å². The van der Waals surface area contributed by atoms with Gasteiger partial charge in [-0.05, 0) is 32.6 Å². The predicted octanol–water partition coefficient (Wildman–Crippen LogP) is 1.92. The number of carbonyl (C=O) groups is 1. The Morgan fingerprint density at radius 3 is 2.81 bits per heavy atom. The Morgan fingerprint density at radius 1 is 1.44 bits per heavy atom. The summed E-state index contributed by atoms with van der Waals surface area (Å²) in [6.07, 6.45) is 4.35. The van der Waals surface area contributed by atoms with Crippen molar-refractivity contribution in [2.45, 2.75) is 45.6 Å². The Balaban J connectivity index is 2.30. The van der Waals surface area contributed by atoms with E-state index < -0.39 is 0 Å². The lowest BCUT2D eigenvalue weighted by atomic mass is 9.94. The number of carbonyl (C=O) groups excluding carboxylic acids is 1. The third-order valence-corrected chi connectivity index (χ3v) is 3.12. The Hall–Kier alpha value is -1.32. The molecule has 88 valence electrons. The van der Waals surface area contributed by atoms with Crippen LogP contribution in [0.4, 0.5) is 0 Å². The predicted molar refractivity (Wildman–Crippen MR) is 60.0 cm³/mol. The van der Waals surface area contributed by atoms with Gasteiger partial charge in [0.05, 0.1) is 0 Å². The smallest absolute Gasteiger partial charge is 0.303 e. The lowest BCUT2D eigenvalue weighted by Crippen LogP contribution is -2.09. The number of esters is 1. The summed E-state index contributed by atoms with van der Waals surface area (Å²) in [7, 11) is 1.97. The fourth-order valence-corrected chi connectivity index (χ4v) is 2.44. The van der Waals surface area contributed by atoms with E-state index in [1.165, 1.54) is 31.0 Å². The fraction of sp³-hybridized carbons (Fsp3) is 0.667. The van der Waals surface area contributed by atoms with Crippen molar-refractivity contribution in [1.82, 2.24) is 9.78 Å². The van der Waals surface area contributed by atoms with E-state index in [9.17, 15) is 4.79 Å². The van der Waals surface area contributed by atoms with Gasteiger partial charge >= 0.3 is 5.97 Å². The van der Waals surface area contributed by atoms with E-state index >= 15 is 0 Å². The topological polar surface area (TPSA) is 44.1 Å². The SMILES string of the molecule is CC(=O)OC(C)c1nn(C)c2c1CCCC2. The molecule has 1 aliphatic rings. The summed E-state index contributed by atoms with van der Waals surface area (Å²) in [5, 5.41) is 4.48. The van der Waals surface area contributed by atoms with Crippen molar-refractivity contribution in [3.63, 3.8) is 0 Å². The van der Waals surface area contributed by atoms with E-state index in [1.807, 2.05) is 18.7 Å². The van der Waals surface area contributed by atoms with E-state index in [0.29, 0.717) is 0 Å². The van der Waals surface area contributed by atoms with Crippen LogP contribution in [-0.2, 0) is 29.4 Å². The Kier molecular flexibility index (Phi) is 2.99. The highest BCUT2D eigenvalue weighted by molar-refractivity contribution is 5.66. The molecule has 1 heterocycles. The van der Waals surface area contributed by atoms with Gasteiger partial charge in [0, 0.05) is 25.2 Å². The van der Waals surface area contributed by atoms with Gasteiger partial charge in [0.1, 0.15) is 11.8 Å². The molecule has 0 N–H and O–H groups in total. The molecule has 4 heteroatoms. The molecule has 0 amide bonds. The minimum atomic E-state index is -0.247.